The second-order valence-electron chi connectivity index (χ2n) is 25.4. The third kappa shape index (κ3) is 66.9. The maximum absolute atomic E-state index is 13.6. The minimum absolute atomic E-state index is 0.0339. The van der Waals surface area contributed by atoms with Crippen LogP contribution in [0.3, 0.4) is 0 Å². The highest BCUT2D eigenvalue weighted by atomic mass is 31.2. The van der Waals surface area contributed by atoms with Gasteiger partial charge in [-0.3, -0.25) is 18.6 Å². The lowest BCUT2D eigenvalue weighted by atomic mass is 10.0. The Bertz CT molecular complexity index is 1860. The number of carbonyl (C=O) groups is 2. The smallest absolute Gasteiger partial charge is 0.456 e. The van der Waals surface area contributed by atoms with Gasteiger partial charge in [-0.15, -0.1) is 0 Å². The Balaban J connectivity index is 5.12. The zero-order chi connectivity index (χ0) is 63.5. The van der Waals surface area contributed by atoms with E-state index in [1.807, 2.05) is 33.3 Å². The number of allylic oxidation sites excluding steroid dienone is 17. The summed E-state index contributed by atoms with van der Waals surface area (Å²) in [4.78, 5) is 38.0. The van der Waals surface area contributed by atoms with Crippen LogP contribution in [0.5, 0.6) is 0 Å². The molecule has 3 atom stereocenters. The largest absolute Gasteiger partial charge is 0.472 e. The SMILES string of the molecule is CC/C=C\C/C=C\C/C=C\C/C=C\C/C=C\CCCCCCCCCCCC(=O)NC(COP(=O)(O)OCC[N+](C)(C)C)C(/C=C/CCCCCCCCCCCCC)OC(=O)CCCCCCCCCCCC/C=C\C/C=C\C/C=C\CCCCC. The molecule has 0 aliphatic carbocycles. The molecule has 2 N–H and O–H groups in total. The van der Waals surface area contributed by atoms with E-state index in [9.17, 15) is 19.0 Å². The maximum atomic E-state index is 13.6. The number of hydrogen-bond acceptors (Lipinski definition) is 6. The number of amides is 1. The number of hydrogen-bond donors (Lipinski definition) is 2. The summed E-state index contributed by atoms with van der Waals surface area (Å²) in [5.41, 5.74) is 0. The van der Waals surface area contributed by atoms with Gasteiger partial charge in [0.15, 0.2) is 0 Å². The van der Waals surface area contributed by atoms with Crippen LogP contribution in [0.25, 0.3) is 0 Å². The van der Waals surface area contributed by atoms with E-state index in [-0.39, 0.29) is 31.5 Å². The quantitative estimate of drug-likeness (QED) is 0.0205. The average molecular weight is 1230 g/mol. The van der Waals surface area contributed by atoms with Crippen molar-refractivity contribution in [1.29, 1.82) is 0 Å². The number of nitrogens with one attached hydrogen (secondary N) is 1. The molecule has 0 spiro atoms. The number of phosphoric ester groups is 1. The molecule has 0 aliphatic rings. The highest BCUT2D eigenvalue weighted by Crippen LogP contribution is 2.43. The Morgan fingerprint density at radius 3 is 1.13 bits per heavy atom. The first-order valence-electron chi connectivity index (χ1n) is 36.2. The predicted octanol–water partition coefficient (Wildman–Crippen LogP) is 23.2. The molecular formula is C77H138N2O7P+. The van der Waals surface area contributed by atoms with Crippen molar-refractivity contribution in [3.63, 3.8) is 0 Å². The van der Waals surface area contributed by atoms with Gasteiger partial charge in [0.25, 0.3) is 0 Å². The van der Waals surface area contributed by atoms with E-state index < -0.39 is 20.0 Å². The van der Waals surface area contributed by atoms with Crippen LogP contribution in [0.1, 0.15) is 316 Å². The number of rotatable bonds is 65. The summed E-state index contributed by atoms with van der Waals surface area (Å²) < 4.78 is 30.9. The van der Waals surface area contributed by atoms with Crippen LogP contribution < -0.4 is 5.32 Å². The molecule has 0 radical (unpaired) electrons. The lowest BCUT2D eigenvalue weighted by molar-refractivity contribution is -0.870. The minimum atomic E-state index is -4.47. The molecule has 0 saturated carbocycles. The molecule has 0 saturated heterocycles. The van der Waals surface area contributed by atoms with Crippen molar-refractivity contribution in [3.8, 4) is 0 Å². The molecular weight excluding hydrogens is 1100 g/mol. The fourth-order valence-electron chi connectivity index (χ4n) is 10.2. The second-order valence-corrected chi connectivity index (χ2v) is 26.8. The molecule has 1 amide bonds. The molecule has 0 rings (SSSR count). The topological polar surface area (TPSA) is 111 Å². The van der Waals surface area contributed by atoms with Crippen molar-refractivity contribution in [3.05, 3.63) is 109 Å². The Morgan fingerprint density at radius 1 is 0.414 bits per heavy atom. The fraction of sp³-hybridized carbons (Fsp3) is 0.740. The summed E-state index contributed by atoms with van der Waals surface area (Å²) in [7, 11) is 1.48. The first-order valence-corrected chi connectivity index (χ1v) is 37.7. The number of phosphoric acid groups is 1. The van der Waals surface area contributed by atoms with Crippen molar-refractivity contribution in [2.75, 3.05) is 40.9 Å². The van der Waals surface area contributed by atoms with Gasteiger partial charge in [0.05, 0.1) is 33.8 Å². The van der Waals surface area contributed by atoms with Crippen LogP contribution in [0.2, 0.25) is 0 Å². The van der Waals surface area contributed by atoms with E-state index in [1.54, 1.807) is 0 Å². The maximum Gasteiger partial charge on any atom is 0.472 e. The van der Waals surface area contributed by atoms with Crippen LogP contribution in [-0.2, 0) is 27.9 Å². The Morgan fingerprint density at radius 2 is 0.736 bits per heavy atom. The standard InChI is InChI=1S/C77H137N2O7P/c1-7-10-13-16-19-22-25-28-30-32-34-36-38-39-41-42-44-46-48-51-54-57-60-63-66-69-76(80)78-74(73-85-87(82,83)84-72-71-79(4,5)6)75(68-65-62-59-56-53-50-27-24-21-18-15-12-9-3)86-77(81)70-67-64-61-58-55-52-49-47-45-43-40-37-35-33-31-29-26-23-20-17-14-11-8-2/h10,13,19-20,22-23,28-31,34-37,39,41,65,68,74-75H,7-9,11-12,14-18,21,24-27,32-33,38,40,42-64,66-67,69-73H2,1-6H3,(H-,78,80,82,83)/p+1/b13-10-,22-19-,23-20-,30-28-,31-29-,36-34-,37-35-,41-39-,68-65+. The van der Waals surface area contributed by atoms with Gasteiger partial charge in [0, 0.05) is 12.8 Å². The molecule has 0 aromatic rings. The molecule has 3 unspecified atom stereocenters. The number of ether oxygens (including phenoxy) is 1. The summed E-state index contributed by atoms with van der Waals surface area (Å²) >= 11 is 0. The van der Waals surface area contributed by atoms with E-state index in [0.29, 0.717) is 17.4 Å². The fourth-order valence-corrected chi connectivity index (χ4v) is 10.9. The van der Waals surface area contributed by atoms with E-state index in [1.165, 1.54) is 167 Å². The van der Waals surface area contributed by atoms with Crippen molar-refractivity contribution >= 4 is 19.7 Å². The first-order chi connectivity index (χ1) is 42.4. The van der Waals surface area contributed by atoms with E-state index in [0.717, 1.165) is 116 Å². The summed E-state index contributed by atoms with van der Waals surface area (Å²) in [6.07, 6.45) is 90.9. The van der Waals surface area contributed by atoms with Gasteiger partial charge in [-0.25, -0.2) is 4.57 Å². The number of esters is 1. The summed E-state index contributed by atoms with van der Waals surface area (Å²) in [6.45, 7) is 6.89. The van der Waals surface area contributed by atoms with Gasteiger partial charge in [0.2, 0.25) is 5.91 Å². The third-order valence-electron chi connectivity index (χ3n) is 15.7. The Hall–Kier alpha value is -3.33. The predicted molar refractivity (Wildman–Crippen MR) is 378 cm³/mol. The lowest BCUT2D eigenvalue weighted by Crippen LogP contribution is -2.47. The van der Waals surface area contributed by atoms with Gasteiger partial charge >= 0.3 is 13.8 Å². The van der Waals surface area contributed by atoms with Gasteiger partial charge in [-0.2, -0.15) is 0 Å². The van der Waals surface area contributed by atoms with Crippen LogP contribution >= 0.6 is 7.82 Å². The van der Waals surface area contributed by atoms with Gasteiger partial charge in [0.1, 0.15) is 19.3 Å². The first kappa shape index (κ1) is 83.7. The highest BCUT2D eigenvalue weighted by Gasteiger charge is 2.30. The number of likely N-dealkylation sites (N-methyl/N-ethyl adjacent to an activating group) is 1. The zero-order valence-electron chi connectivity index (χ0n) is 57.5. The molecule has 0 aromatic heterocycles. The van der Waals surface area contributed by atoms with Crippen molar-refractivity contribution < 1.29 is 37.3 Å². The van der Waals surface area contributed by atoms with Gasteiger partial charge in [-0.1, -0.05) is 297 Å². The van der Waals surface area contributed by atoms with Gasteiger partial charge < -0.3 is 19.4 Å². The van der Waals surface area contributed by atoms with Crippen LogP contribution in [0.15, 0.2) is 109 Å². The number of nitrogens with zero attached hydrogens (tertiary/aromatic N) is 1. The summed E-state index contributed by atoms with van der Waals surface area (Å²) in [6, 6.07) is -0.861. The van der Waals surface area contributed by atoms with Crippen molar-refractivity contribution in [2.24, 2.45) is 0 Å². The van der Waals surface area contributed by atoms with Crippen LogP contribution in [0, 0.1) is 0 Å². The molecule has 0 fully saturated rings. The third-order valence-corrected chi connectivity index (χ3v) is 16.7. The van der Waals surface area contributed by atoms with E-state index in [2.05, 4.69) is 123 Å². The van der Waals surface area contributed by atoms with E-state index in [4.69, 9.17) is 13.8 Å². The molecule has 0 aliphatic heterocycles. The zero-order valence-corrected chi connectivity index (χ0v) is 58.4. The molecule has 0 heterocycles. The van der Waals surface area contributed by atoms with Crippen molar-refractivity contribution in [1.82, 2.24) is 5.32 Å². The Labute approximate surface area is 538 Å². The van der Waals surface area contributed by atoms with Crippen molar-refractivity contribution in [2.45, 2.75) is 328 Å². The number of unbranched alkanes of at least 4 members (excludes halogenated alkanes) is 33. The molecule has 9 nitrogen and oxygen atoms in total. The number of quaternary nitrogens is 1. The molecule has 0 aromatic carbocycles. The van der Waals surface area contributed by atoms with Gasteiger partial charge in [-0.05, 0) is 115 Å². The normalized spacial score (nSPS) is 14.1. The number of carbonyl (C=O) groups excluding carboxylic acids is 2. The highest BCUT2D eigenvalue weighted by molar-refractivity contribution is 7.47. The summed E-state index contributed by atoms with van der Waals surface area (Å²) in [5.74, 6) is -0.514. The minimum Gasteiger partial charge on any atom is -0.456 e. The van der Waals surface area contributed by atoms with E-state index >= 15 is 0 Å². The summed E-state index contributed by atoms with van der Waals surface area (Å²) in [5, 5.41) is 3.07. The molecule has 10 heteroatoms. The van der Waals surface area contributed by atoms with Crippen LogP contribution in [0.4, 0.5) is 0 Å². The monoisotopic (exact) mass is 1230 g/mol. The molecule has 87 heavy (non-hydrogen) atoms. The van der Waals surface area contributed by atoms with Crippen LogP contribution in [-0.4, -0.2) is 74.3 Å². The second kappa shape index (κ2) is 65.6. The Kier molecular flexibility index (Phi) is 63.1. The molecule has 0 bridgehead atoms. The molecule has 502 valence electrons. The average Bonchev–Trinajstić information content (AvgIpc) is 3.70. The lowest BCUT2D eigenvalue weighted by Gasteiger charge is -2.27.